The molecule has 0 spiro atoms. The molecule has 1 heterocycles. The van der Waals surface area contributed by atoms with Gasteiger partial charge < -0.3 is 10.6 Å². The van der Waals surface area contributed by atoms with Crippen molar-refractivity contribution in [2.75, 3.05) is 17.7 Å². The zero-order chi connectivity index (χ0) is 13.4. The first kappa shape index (κ1) is 13.1. The summed E-state index contributed by atoms with van der Waals surface area (Å²) in [7, 11) is 1.89. The van der Waals surface area contributed by atoms with Crippen molar-refractivity contribution in [3.05, 3.63) is 11.9 Å². The van der Waals surface area contributed by atoms with E-state index in [0.29, 0.717) is 0 Å². The number of rotatable bonds is 3. The highest BCUT2D eigenvalue weighted by atomic mass is 15.1. The fourth-order valence-electron chi connectivity index (χ4n) is 2.12. The lowest BCUT2D eigenvalue weighted by Gasteiger charge is -2.39. The van der Waals surface area contributed by atoms with Gasteiger partial charge in [0.1, 0.15) is 17.5 Å². The minimum absolute atomic E-state index is 0.0379. The molecule has 2 N–H and O–H groups in total. The van der Waals surface area contributed by atoms with Crippen molar-refractivity contribution in [1.29, 1.82) is 0 Å². The van der Waals surface area contributed by atoms with Gasteiger partial charge in [0.15, 0.2) is 0 Å². The van der Waals surface area contributed by atoms with Gasteiger partial charge in [-0.3, -0.25) is 0 Å². The second-order valence-corrected chi connectivity index (χ2v) is 6.50. The quantitative estimate of drug-likeness (QED) is 0.862. The zero-order valence-electron chi connectivity index (χ0n) is 12.1. The van der Waals surface area contributed by atoms with Crippen LogP contribution in [0.5, 0.6) is 0 Å². The van der Waals surface area contributed by atoms with E-state index in [1.54, 1.807) is 0 Å². The normalized spacial score (nSPS) is 18.1. The van der Waals surface area contributed by atoms with E-state index in [0.717, 1.165) is 17.5 Å². The molecule has 2 rings (SSSR count). The van der Waals surface area contributed by atoms with Crippen molar-refractivity contribution < 1.29 is 0 Å². The highest BCUT2D eigenvalue weighted by molar-refractivity contribution is 5.49. The van der Waals surface area contributed by atoms with Gasteiger partial charge in [0.2, 0.25) is 0 Å². The second kappa shape index (κ2) is 4.41. The first-order valence-corrected chi connectivity index (χ1v) is 6.68. The molecule has 18 heavy (non-hydrogen) atoms. The van der Waals surface area contributed by atoms with Gasteiger partial charge >= 0.3 is 0 Å². The van der Waals surface area contributed by atoms with Gasteiger partial charge in [-0.15, -0.1) is 0 Å². The molecule has 1 aromatic rings. The van der Waals surface area contributed by atoms with E-state index >= 15 is 0 Å². The highest BCUT2D eigenvalue weighted by Gasteiger charge is 2.32. The van der Waals surface area contributed by atoms with E-state index in [-0.39, 0.29) is 11.0 Å². The van der Waals surface area contributed by atoms with Crippen LogP contribution in [0.3, 0.4) is 0 Å². The smallest absolute Gasteiger partial charge is 0.138 e. The monoisotopic (exact) mass is 248 g/mol. The van der Waals surface area contributed by atoms with E-state index in [1.807, 2.05) is 13.1 Å². The van der Waals surface area contributed by atoms with Crippen molar-refractivity contribution >= 4 is 11.6 Å². The lowest BCUT2D eigenvalue weighted by Crippen LogP contribution is -2.42. The van der Waals surface area contributed by atoms with Crippen molar-refractivity contribution in [2.45, 2.75) is 57.9 Å². The molecule has 0 atom stereocenters. The van der Waals surface area contributed by atoms with Gasteiger partial charge in [-0.25, -0.2) is 9.97 Å². The average molecular weight is 248 g/mol. The number of hydrogen-bond donors (Lipinski definition) is 2. The van der Waals surface area contributed by atoms with Crippen LogP contribution in [0.15, 0.2) is 6.07 Å². The molecule has 0 bridgehead atoms. The molecule has 0 aromatic carbocycles. The van der Waals surface area contributed by atoms with Crippen LogP contribution in [-0.2, 0) is 5.41 Å². The summed E-state index contributed by atoms with van der Waals surface area (Å²) in [4.78, 5) is 9.19. The van der Waals surface area contributed by atoms with E-state index in [2.05, 4.69) is 48.3 Å². The molecule has 0 saturated heterocycles. The van der Waals surface area contributed by atoms with Crippen LogP contribution in [0.25, 0.3) is 0 Å². The third kappa shape index (κ3) is 2.74. The summed E-state index contributed by atoms with van der Waals surface area (Å²) >= 11 is 0. The summed E-state index contributed by atoms with van der Waals surface area (Å²) in [5.41, 5.74) is 0.179. The van der Waals surface area contributed by atoms with E-state index in [4.69, 9.17) is 0 Å². The van der Waals surface area contributed by atoms with Crippen LogP contribution in [0.2, 0.25) is 0 Å². The number of anilines is 2. The highest BCUT2D eigenvalue weighted by Crippen LogP contribution is 2.35. The van der Waals surface area contributed by atoms with Crippen molar-refractivity contribution in [1.82, 2.24) is 9.97 Å². The van der Waals surface area contributed by atoms with Crippen LogP contribution in [0.1, 0.15) is 52.8 Å². The third-order valence-corrected chi connectivity index (χ3v) is 3.54. The predicted molar refractivity (Wildman–Crippen MR) is 76.2 cm³/mol. The van der Waals surface area contributed by atoms with Gasteiger partial charge in [0, 0.05) is 24.1 Å². The summed E-state index contributed by atoms with van der Waals surface area (Å²) < 4.78 is 0. The Morgan fingerprint density at radius 1 is 1.17 bits per heavy atom. The molecule has 0 radical (unpaired) electrons. The third-order valence-electron chi connectivity index (χ3n) is 3.54. The van der Waals surface area contributed by atoms with Crippen LogP contribution in [0.4, 0.5) is 11.6 Å². The molecule has 1 saturated carbocycles. The fraction of sp³-hybridized carbons (Fsp3) is 0.714. The molecular formula is C14H24N4. The van der Waals surface area contributed by atoms with E-state index < -0.39 is 0 Å². The Hall–Kier alpha value is -1.32. The maximum Gasteiger partial charge on any atom is 0.138 e. The Bertz CT molecular complexity index is 430. The van der Waals surface area contributed by atoms with Crippen LogP contribution >= 0.6 is 0 Å². The Balaban J connectivity index is 2.29. The average Bonchev–Trinajstić information content (AvgIpc) is 2.25. The summed E-state index contributed by atoms with van der Waals surface area (Å²) in [5, 5.41) is 6.66. The number of hydrogen-bond acceptors (Lipinski definition) is 4. The molecule has 1 fully saturated rings. The van der Waals surface area contributed by atoms with Crippen molar-refractivity contribution in [3.8, 4) is 0 Å². The molecule has 4 nitrogen and oxygen atoms in total. The Morgan fingerprint density at radius 3 is 2.22 bits per heavy atom. The standard InChI is InChI=1S/C14H24N4/c1-13(2,3)12-16-10(15-5)9-11(17-12)18-14(4)7-6-8-14/h9H,6-8H2,1-5H3,(H2,15,16,17,18). The lowest BCUT2D eigenvalue weighted by atomic mass is 9.78. The summed E-state index contributed by atoms with van der Waals surface area (Å²) in [5.74, 6) is 2.68. The molecular weight excluding hydrogens is 224 g/mol. The van der Waals surface area contributed by atoms with Crippen molar-refractivity contribution in [2.24, 2.45) is 0 Å². The van der Waals surface area contributed by atoms with Crippen LogP contribution in [0, 0.1) is 0 Å². The Kier molecular flexibility index (Phi) is 3.21. The predicted octanol–water partition coefficient (Wildman–Crippen LogP) is 3.17. The Labute approximate surface area is 110 Å². The molecule has 100 valence electrons. The molecule has 1 aromatic heterocycles. The minimum atomic E-state index is -0.0379. The summed E-state index contributed by atoms with van der Waals surface area (Å²) in [6.07, 6.45) is 3.74. The first-order chi connectivity index (χ1) is 8.32. The molecule has 1 aliphatic rings. The fourth-order valence-corrected chi connectivity index (χ4v) is 2.12. The lowest BCUT2D eigenvalue weighted by molar-refractivity contribution is 0.305. The van der Waals surface area contributed by atoms with Gasteiger partial charge in [-0.2, -0.15) is 0 Å². The van der Waals surface area contributed by atoms with E-state index in [1.165, 1.54) is 19.3 Å². The maximum absolute atomic E-state index is 4.66. The molecule has 0 amide bonds. The van der Waals surface area contributed by atoms with Crippen molar-refractivity contribution in [3.63, 3.8) is 0 Å². The SMILES string of the molecule is CNc1cc(NC2(C)CCC2)nc(C(C)(C)C)n1. The zero-order valence-corrected chi connectivity index (χ0v) is 12.1. The summed E-state index contributed by atoms with van der Waals surface area (Å²) in [6, 6.07) is 1.98. The van der Waals surface area contributed by atoms with Gasteiger partial charge in [-0.05, 0) is 26.2 Å². The van der Waals surface area contributed by atoms with E-state index in [9.17, 15) is 0 Å². The molecule has 0 unspecified atom stereocenters. The summed E-state index contributed by atoms with van der Waals surface area (Å²) in [6.45, 7) is 8.66. The van der Waals surface area contributed by atoms with Crippen LogP contribution < -0.4 is 10.6 Å². The van der Waals surface area contributed by atoms with Gasteiger partial charge in [0.25, 0.3) is 0 Å². The topological polar surface area (TPSA) is 49.8 Å². The second-order valence-electron chi connectivity index (χ2n) is 6.50. The molecule has 0 aliphatic heterocycles. The number of nitrogens with one attached hydrogen (secondary N) is 2. The van der Waals surface area contributed by atoms with Gasteiger partial charge in [0.05, 0.1) is 0 Å². The number of nitrogens with zero attached hydrogens (tertiary/aromatic N) is 2. The molecule has 1 aliphatic carbocycles. The first-order valence-electron chi connectivity index (χ1n) is 6.68. The minimum Gasteiger partial charge on any atom is -0.373 e. The molecule has 4 heteroatoms. The van der Waals surface area contributed by atoms with Crippen LogP contribution in [-0.4, -0.2) is 22.6 Å². The largest absolute Gasteiger partial charge is 0.373 e. The maximum atomic E-state index is 4.66. The van der Waals surface area contributed by atoms with Gasteiger partial charge in [-0.1, -0.05) is 20.8 Å². The number of aromatic nitrogens is 2. The Morgan fingerprint density at radius 2 is 1.78 bits per heavy atom.